The topological polar surface area (TPSA) is 95.9 Å². The van der Waals surface area contributed by atoms with E-state index in [-0.39, 0.29) is 12.5 Å². The number of aryl methyl sites for hydroxylation is 1. The van der Waals surface area contributed by atoms with Gasteiger partial charge in [-0.1, -0.05) is 48.0 Å². The van der Waals surface area contributed by atoms with Gasteiger partial charge in [0, 0.05) is 12.7 Å². The van der Waals surface area contributed by atoms with Crippen LogP contribution in [0.15, 0.2) is 54.6 Å². The standard InChI is InChI=1S/C20H22N2O5/c1-14-8-10-16(11-9-14)21-17(23)12-22(2)18(24)13-27-20(26)19(25)15-6-4-3-5-7-15/h3-11,19,25H,12-13H2,1-2H3,(H,21,23)/t19-/m1/s1. The molecule has 2 aromatic carbocycles. The van der Waals surface area contributed by atoms with Gasteiger partial charge in [0.1, 0.15) is 0 Å². The summed E-state index contributed by atoms with van der Waals surface area (Å²) in [6, 6.07) is 15.5. The monoisotopic (exact) mass is 370 g/mol. The van der Waals surface area contributed by atoms with Gasteiger partial charge in [-0.15, -0.1) is 0 Å². The molecule has 0 radical (unpaired) electrons. The number of aliphatic hydroxyl groups is 1. The number of aliphatic hydroxyl groups excluding tert-OH is 1. The van der Waals surface area contributed by atoms with Gasteiger partial charge in [0.2, 0.25) is 5.91 Å². The number of nitrogens with zero attached hydrogens (tertiary/aromatic N) is 1. The number of carbonyl (C=O) groups excluding carboxylic acids is 3. The fraction of sp³-hybridized carbons (Fsp3) is 0.250. The molecule has 2 rings (SSSR count). The van der Waals surface area contributed by atoms with Crippen molar-refractivity contribution in [1.29, 1.82) is 0 Å². The largest absolute Gasteiger partial charge is 0.453 e. The summed E-state index contributed by atoms with van der Waals surface area (Å²) in [4.78, 5) is 37.0. The summed E-state index contributed by atoms with van der Waals surface area (Å²) in [7, 11) is 1.43. The van der Waals surface area contributed by atoms with Crippen LogP contribution in [-0.2, 0) is 19.1 Å². The number of esters is 1. The Morgan fingerprint density at radius 3 is 2.33 bits per heavy atom. The van der Waals surface area contributed by atoms with E-state index in [4.69, 9.17) is 4.74 Å². The average molecular weight is 370 g/mol. The van der Waals surface area contributed by atoms with E-state index in [1.165, 1.54) is 7.05 Å². The summed E-state index contributed by atoms with van der Waals surface area (Å²) in [5, 5.41) is 12.6. The number of rotatable bonds is 7. The van der Waals surface area contributed by atoms with Crippen molar-refractivity contribution in [3.8, 4) is 0 Å². The molecule has 1 atom stereocenters. The van der Waals surface area contributed by atoms with Crippen molar-refractivity contribution in [2.45, 2.75) is 13.0 Å². The van der Waals surface area contributed by atoms with E-state index >= 15 is 0 Å². The second-order valence-electron chi connectivity index (χ2n) is 6.08. The van der Waals surface area contributed by atoms with Crippen LogP contribution in [0.4, 0.5) is 5.69 Å². The van der Waals surface area contributed by atoms with Crippen LogP contribution in [0.5, 0.6) is 0 Å². The number of nitrogens with one attached hydrogen (secondary N) is 1. The van der Waals surface area contributed by atoms with Crippen LogP contribution in [0, 0.1) is 6.92 Å². The number of hydrogen-bond acceptors (Lipinski definition) is 5. The molecule has 0 heterocycles. The number of anilines is 1. The van der Waals surface area contributed by atoms with Crippen molar-refractivity contribution in [1.82, 2.24) is 4.90 Å². The molecule has 0 aliphatic heterocycles. The van der Waals surface area contributed by atoms with Crippen LogP contribution < -0.4 is 5.32 Å². The molecule has 2 amide bonds. The first-order valence-electron chi connectivity index (χ1n) is 8.37. The third kappa shape index (κ3) is 6.23. The number of carbonyl (C=O) groups is 3. The molecule has 2 aromatic rings. The lowest BCUT2D eigenvalue weighted by atomic mass is 10.1. The normalized spacial score (nSPS) is 11.4. The average Bonchev–Trinajstić information content (AvgIpc) is 2.67. The lowest BCUT2D eigenvalue weighted by Crippen LogP contribution is -2.37. The molecule has 27 heavy (non-hydrogen) atoms. The van der Waals surface area contributed by atoms with E-state index in [9.17, 15) is 19.5 Å². The van der Waals surface area contributed by atoms with Crippen LogP contribution in [0.2, 0.25) is 0 Å². The minimum Gasteiger partial charge on any atom is -0.453 e. The lowest BCUT2D eigenvalue weighted by Gasteiger charge is -2.17. The first-order valence-corrected chi connectivity index (χ1v) is 8.37. The molecule has 0 bridgehead atoms. The maximum atomic E-state index is 12.0. The maximum Gasteiger partial charge on any atom is 0.340 e. The van der Waals surface area contributed by atoms with E-state index in [1.54, 1.807) is 42.5 Å². The summed E-state index contributed by atoms with van der Waals surface area (Å²) < 4.78 is 4.84. The number of likely N-dealkylation sites (N-methyl/N-ethyl adjacent to an activating group) is 1. The fourth-order valence-electron chi connectivity index (χ4n) is 2.23. The van der Waals surface area contributed by atoms with Crippen LogP contribution in [0.25, 0.3) is 0 Å². The van der Waals surface area contributed by atoms with Gasteiger partial charge in [-0.25, -0.2) is 4.79 Å². The predicted molar refractivity (Wildman–Crippen MR) is 99.8 cm³/mol. The maximum absolute atomic E-state index is 12.0. The molecule has 7 heteroatoms. The molecule has 0 fully saturated rings. The Morgan fingerprint density at radius 1 is 1.07 bits per heavy atom. The highest BCUT2D eigenvalue weighted by molar-refractivity contribution is 5.94. The number of hydrogen-bond donors (Lipinski definition) is 2. The van der Waals surface area contributed by atoms with Crippen molar-refractivity contribution in [2.24, 2.45) is 0 Å². The Morgan fingerprint density at radius 2 is 1.70 bits per heavy atom. The highest BCUT2D eigenvalue weighted by atomic mass is 16.5. The summed E-state index contributed by atoms with van der Waals surface area (Å²) in [5.74, 6) is -1.85. The van der Waals surface area contributed by atoms with Crippen molar-refractivity contribution in [3.63, 3.8) is 0 Å². The van der Waals surface area contributed by atoms with Crippen molar-refractivity contribution < 1.29 is 24.2 Å². The zero-order chi connectivity index (χ0) is 19.8. The second kappa shape index (κ2) is 9.49. The SMILES string of the molecule is Cc1ccc(NC(=O)CN(C)C(=O)COC(=O)[C@H](O)c2ccccc2)cc1. The molecule has 7 nitrogen and oxygen atoms in total. The van der Waals surface area contributed by atoms with Gasteiger partial charge in [-0.2, -0.15) is 0 Å². The zero-order valence-electron chi connectivity index (χ0n) is 15.2. The molecule has 0 spiro atoms. The van der Waals surface area contributed by atoms with Crippen LogP contribution >= 0.6 is 0 Å². The van der Waals surface area contributed by atoms with Crippen LogP contribution in [0.3, 0.4) is 0 Å². The molecule has 0 aliphatic carbocycles. The Labute approximate surface area is 157 Å². The molecule has 0 saturated heterocycles. The van der Waals surface area contributed by atoms with Gasteiger partial charge in [0.15, 0.2) is 12.7 Å². The minimum absolute atomic E-state index is 0.189. The highest BCUT2D eigenvalue weighted by Gasteiger charge is 2.21. The minimum atomic E-state index is -1.46. The molecule has 0 aromatic heterocycles. The van der Waals surface area contributed by atoms with Crippen LogP contribution in [0.1, 0.15) is 17.2 Å². The van der Waals surface area contributed by atoms with Gasteiger partial charge in [0.05, 0.1) is 6.54 Å². The lowest BCUT2D eigenvalue weighted by molar-refractivity contribution is -0.159. The van der Waals surface area contributed by atoms with Gasteiger partial charge in [-0.3, -0.25) is 9.59 Å². The molecule has 0 unspecified atom stereocenters. The van der Waals surface area contributed by atoms with Crippen LogP contribution in [-0.4, -0.2) is 48.0 Å². The number of ether oxygens (including phenoxy) is 1. The summed E-state index contributed by atoms with van der Waals surface area (Å²) in [6.45, 7) is 1.19. The number of amides is 2. The third-order valence-electron chi connectivity index (χ3n) is 3.82. The van der Waals surface area contributed by atoms with Gasteiger partial charge in [-0.05, 0) is 24.6 Å². The smallest absolute Gasteiger partial charge is 0.340 e. The third-order valence-corrected chi connectivity index (χ3v) is 3.82. The molecule has 0 aliphatic rings. The number of benzene rings is 2. The first-order chi connectivity index (χ1) is 12.9. The van der Waals surface area contributed by atoms with E-state index in [0.717, 1.165) is 10.5 Å². The predicted octanol–water partition coefficient (Wildman–Crippen LogP) is 1.67. The Balaban J connectivity index is 1.78. The van der Waals surface area contributed by atoms with Gasteiger partial charge < -0.3 is 20.1 Å². The Kier molecular flexibility index (Phi) is 7.08. The van der Waals surface area contributed by atoms with E-state index in [0.29, 0.717) is 11.3 Å². The molecular formula is C20H22N2O5. The van der Waals surface area contributed by atoms with E-state index in [1.807, 2.05) is 19.1 Å². The Bertz CT molecular complexity index is 790. The molecule has 2 N–H and O–H groups in total. The zero-order valence-corrected chi connectivity index (χ0v) is 15.2. The quantitative estimate of drug-likeness (QED) is 0.723. The van der Waals surface area contributed by atoms with Gasteiger partial charge in [0.25, 0.3) is 5.91 Å². The van der Waals surface area contributed by atoms with Gasteiger partial charge >= 0.3 is 5.97 Å². The Hall–Kier alpha value is -3.19. The first kappa shape index (κ1) is 20.1. The molecular weight excluding hydrogens is 348 g/mol. The summed E-state index contributed by atoms with van der Waals surface area (Å²) in [6.07, 6.45) is -1.46. The van der Waals surface area contributed by atoms with Crippen molar-refractivity contribution in [3.05, 3.63) is 65.7 Å². The highest BCUT2D eigenvalue weighted by Crippen LogP contribution is 2.13. The summed E-state index contributed by atoms with van der Waals surface area (Å²) >= 11 is 0. The molecule has 142 valence electrons. The fourth-order valence-corrected chi connectivity index (χ4v) is 2.23. The second-order valence-corrected chi connectivity index (χ2v) is 6.08. The van der Waals surface area contributed by atoms with E-state index < -0.39 is 24.6 Å². The van der Waals surface area contributed by atoms with Crippen molar-refractivity contribution >= 4 is 23.5 Å². The molecule has 0 saturated carbocycles. The summed E-state index contributed by atoms with van der Waals surface area (Å²) in [5.41, 5.74) is 2.07. The van der Waals surface area contributed by atoms with Crippen molar-refractivity contribution in [2.75, 3.05) is 25.5 Å². The van der Waals surface area contributed by atoms with E-state index in [2.05, 4.69) is 5.32 Å².